The van der Waals surface area contributed by atoms with Gasteiger partial charge in [-0.1, -0.05) is 11.3 Å². The van der Waals surface area contributed by atoms with Crippen LogP contribution < -0.4 is 5.32 Å². The molecule has 1 aliphatic rings. The Bertz CT molecular complexity index is 1370. The van der Waals surface area contributed by atoms with Crippen LogP contribution in [0.5, 0.6) is 0 Å². The van der Waals surface area contributed by atoms with Gasteiger partial charge in [0, 0.05) is 29.8 Å². The Balaban J connectivity index is 1.30. The highest BCUT2D eigenvalue weighted by Crippen LogP contribution is 2.29. The van der Waals surface area contributed by atoms with E-state index in [9.17, 15) is 26.7 Å². The van der Waals surface area contributed by atoms with Crippen molar-refractivity contribution in [1.29, 1.82) is 0 Å². The Hall–Kier alpha value is -3.80. The Morgan fingerprint density at radius 1 is 1.09 bits per heavy atom. The van der Waals surface area contributed by atoms with Gasteiger partial charge >= 0.3 is 0 Å². The van der Waals surface area contributed by atoms with Crippen LogP contribution in [0.2, 0.25) is 0 Å². The largest absolute Gasteiger partial charge is 0.359 e. The molecule has 1 fully saturated rings. The molecule has 7 nitrogen and oxygen atoms in total. The van der Waals surface area contributed by atoms with Gasteiger partial charge in [0.15, 0.2) is 17.3 Å². The van der Waals surface area contributed by atoms with E-state index in [1.165, 1.54) is 40.2 Å². The molecule has 0 saturated carbocycles. The summed E-state index contributed by atoms with van der Waals surface area (Å²) in [7, 11) is 0. The second-order valence-corrected chi connectivity index (χ2v) is 7.79. The fourth-order valence-electron chi connectivity index (χ4n) is 3.67. The second kappa shape index (κ2) is 7.66. The van der Waals surface area contributed by atoms with E-state index in [1.807, 2.05) is 0 Å². The lowest BCUT2D eigenvalue weighted by Crippen LogP contribution is -2.55. The summed E-state index contributed by atoms with van der Waals surface area (Å²) in [6.45, 7) is -0.761. The molecule has 12 heteroatoms. The minimum atomic E-state index is -2.73. The Labute approximate surface area is 182 Å². The van der Waals surface area contributed by atoms with Crippen molar-refractivity contribution in [3.05, 3.63) is 71.4 Å². The van der Waals surface area contributed by atoms with Gasteiger partial charge in [0.1, 0.15) is 5.82 Å². The number of hydrogen-bond donors (Lipinski definition) is 2. The summed E-state index contributed by atoms with van der Waals surface area (Å²) in [6, 6.07) is 6.09. The molecule has 0 aliphatic carbocycles. The van der Waals surface area contributed by atoms with Crippen molar-refractivity contribution in [3.63, 3.8) is 0 Å². The van der Waals surface area contributed by atoms with E-state index in [0.717, 1.165) is 12.1 Å². The molecule has 1 saturated heterocycles. The lowest BCUT2D eigenvalue weighted by molar-refractivity contribution is -0.134. The van der Waals surface area contributed by atoms with Gasteiger partial charge in [-0.05, 0) is 18.2 Å². The summed E-state index contributed by atoms with van der Waals surface area (Å²) in [4.78, 5) is 16.7. The number of aromatic nitrogens is 4. The number of aromatic amines is 1. The summed E-state index contributed by atoms with van der Waals surface area (Å²) in [6.07, 6.45) is 2.66. The first-order valence-corrected chi connectivity index (χ1v) is 9.77. The topological polar surface area (TPSA) is 78.8 Å². The molecule has 2 N–H and O–H groups in total. The minimum Gasteiger partial charge on any atom is -0.359 e. The molecule has 33 heavy (non-hydrogen) atoms. The van der Waals surface area contributed by atoms with Crippen LogP contribution in [0.3, 0.4) is 0 Å². The van der Waals surface area contributed by atoms with E-state index in [4.69, 9.17) is 0 Å². The van der Waals surface area contributed by atoms with E-state index < -0.39 is 42.4 Å². The number of likely N-dealkylation sites (tertiary alicyclic amines) is 1. The summed E-state index contributed by atoms with van der Waals surface area (Å²) in [5, 5.41) is 10.4. The Morgan fingerprint density at radius 3 is 2.58 bits per heavy atom. The van der Waals surface area contributed by atoms with Crippen LogP contribution in [0, 0.1) is 17.5 Å². The number of benzene rings is 2. The third-order valence-corrected chi connectivity index (χ3v) is 5.30. The van der Waals surface area contributed by atoms with Gasteiger partial charge in [0.2, 0.25) is 0 Å². The maximum Gasteiger partial charge on any atom is 0.277 e. The zero-order chi connectivity index (χ0) is 23.3. The SMILES string of the molecule is O=C(Nc1c[nH]c2cc(F)c(F)cc12)c1cn(-c2ccc(CN3CC(F)(F)C3)c(F)c2)nn1. The number of hydrogen-bond acceptors (Lipinski definition) is 4. The summed E-state index contributed by atoms with van der Waals surface area (Å²) >= 11 is 0. The number of amides is 1. The van der Waals surface area contributed by atoms with Gasteiger partial charge in [-0.2, -0.15) is 0 Å². The molecule has 0 bridgehead atoms. The van der Waals surface area contributed by atoms with Crippen molar-refractivity contribution in [2.75, 3.05) is 18.4 Å². The summed E-state index contributed by atoms with van der Waals surface area (Å²) < 4.78 is 68.5. The van der Waals surface area contributed by atoms with Crippen LogP contribution in [0.1, 0.15) is 16.1 Å². The standard InChI is InChI=1S/C21H15F5N6O/c22-14-3-12(2-1-11(14)7-31-9-21(25,26)10-31)32-8-19(29-30-32)20(33)28-18-6-27-17-5-16(24)15(23)4-13(17)18/h1-6,8,27H,7,9-10H2,(H,28,33). The average molecular weight is 462 g/mol. The predicted octanol–water partition coefficient (Wildman–Crippen LogP) is 3.87. The van der Waals surface area contributed by atoms with Crippen LogP contribution in [0.25, 0.3) is 16.6 Å². The predicted molar refractivity (Wildman–Crippen MR) is 108 cm³/mol. The highest BCUT2D eigenvalue weighted by Gasteiger charge is 2.43. The van der Waals surface area contributed by atoms with E-state index in [-0.39, 0.29) is 34.6 Å². The normalized spacial score (nSPS) is 15.5. The van der Waals surface area contributed by atoms with E-state index in [0.29, 0.717) is 5.52 Å². The first-order chi connectivity index (χ1) is 15.7. The van der Waals surface area contributed by atoms with Crippen molar-refractivity contribution in [2.45, 2.75) is 12.5 Å². The molecule has 1 aliphatic heterocycles. The van der Waals surface area contributed by atoms with Crippen LogP contribution >= 0.6 is 0 Å². The van der Waals surface area contributed by atoms with Gasteiger partial charge in [0.25, 0.3) is 11.8 Å². The zero-order valence-electron chi connectivity index (χ0n) is 16.7. The van der Waals surface area contributed by atoms with Crippen LogP contribution in [-0.2, 0) is 6.54 Å². The number of nitrogens with one attached hydrogen (secondary N) is 2. The van der Waals surface area contributed by atoms with Crippen LogP contribution in [-0.4, -0.2) is 49.8 Å². The molecule has 0 unspecified atom stereocenters. The molecule has 1 amide bonds. The molecule has 0 spiro atoms. The zero-order valence-corrected chi connectivity index (χ0v) is 16.7. The highest BCUT2D eigenvalue weighted by atomic mass is 19.3. The van der Waals surface area contributed by atoms with Crippen molar-refractivity contribution in [3.8, 4) is 5.69 Å². The molecular formula is C21H15F5N6O. The summed E-state index contributed by atoms with van der Waals surface area (Å²) in [5.41, 5.74) is 0.955. The molecule has 2 aromatic heterocycles. The molecule has 0 atom stereocenters. The molecule has 2 aromatic carbocycles. The third-order valence-electron chi connectivity index (χ3n) is 5.30. The lowest BCUT2D eigenvalue weighted by Gasteiger charge is -2.38. The van der Waals surface area contributed by atoms with Gasteiger partial charge in [-0.25, -0.2) is 26.6 Å². The number of nitrogens with zero attached hydrogens (tertiary/aromatic N) is 4. The third kappa shape index (κ3) is 4.04. The van der Waals surface area contributed by atoms with Gasteiger partial charge in [-0.3, -0.25) is 9.69 Å². The molecule has 0 radical (unpaired) electrons. The van der Waals surface area contributed by atoms with Crippen molar-refractivity contribution in [2.24, 2.45) is 0 Å². The fourth-order valence-corrected chi connectivity index (χ4v) is 3.67. The van der Waals surface area contributed by atoms with Crippen LogP contribution in [0.4, 0.5) is 27.6 Å². The quantitative estimate of drug-likeness (QED) is 0.442. The monoisotopic (exact) mass is 462 g/mol. The molecule has 5 rings (SSSR count). The molecule has 3 heterocycles. The number of H-pyrrole nitrogens is 1. The first-order valence-electron chi connectivity index (χ1n) is 9.77. The number of alkyl halides is 2. The van der Waals surface area contributed by atoms with Crippen LogP contribution in [0.15, 0.2) is 42.7 Å². The van der Waals surface area contributed by atoms with Gasteiger partial charge in [0.05, 0.1) is 36.2 Å². The maximum absolute atomic E-state index is 14.5. The number of halogens is 5. The van der Waals surface area contributed by atoms with Gasteiger partial charge < -0.3 is 10.3 Å². The Kier molecular flexibility index (Phi) is 4.89. The van der Waals surface area contributed by atoms with Gasteiger partial charge in [-0.15, -0.1) is 5.10 Å². The van der Waals surface area contributed by atoms with E-state index >= 15 is 0 Å². The first kappa shape index (κ1) is 21.1. The fraction of sp³-hybridized carbons (Fsp3) is 0.190. The number of rotatable bonds is 5. The average Bonchev–Trinajstić information content (AvgIpc) is 3.37. The molecular weight excluding hydrogens is 447 g/mol. The van der Waals surface area contributed by atoms with E-state index in [2.05, 4.69) is 20.6 Å². The van der Waals surface area contributed by atoms with E-state index in [1.54, 1.807) is 0 Å². The number of anilines is 1. The second-order valence-electron chi connectivity index (χ2n) is 7.79. The van der Waals surface area contributed by atoms with Crippen molar-refractivity contribution >= 4 is 22.5 Å². The smallest absolute Gasteiger partial charge is 0.277 e. The highest BCUT2D eigenvalue weighted by molar-refractivity contribution is 6.07. The molecule has 4 aromatic rings. The Morgan fingerprint density at radius 2 is 1.85 bits per heavy atom. The number of fused-ring (bicyclic) bond motifs is 1. The molecule has 170 valence electrons. The minimum absolute atomic E-state index is 0.0574. The lowest BCUT2D eigenvalue weighted by atomic mass is 10.1. The van der Waals surface area contributed by atoms with Crippen molar-refractivity contribution < 1.29 is 26.7 Å². The summed E-state index contributed by atoms with van der Waals surface area (Å²) in [5.74, 6) is -6.08. The van der Waals surface area contributed by atoms with Crippen molar-refractivity contribution in [1.82, 2.24) is 24.9 Å². The number of carbonyl (C=O) groups is 1. The number of carbonyl (C=O) groups excluding carboxylic acids is 1. The maximum atomic E-state index is 14.5.